The minimum atomic E-state index is 0.394. The van der Waals surface area contributed by atoms with Crippen molar-refractivity contribution in [2.75, 3.05) is 0 Å². The van der Waals surface area contributed by atoms with Gasteiger partial charge in [-0.15, -0.1) is 0 Å². The summed E-state index contributed by atoms with van der Waals surface area (Å²) in [6.07, 6.45) is 3.63. The molecule has 1 aromatic heterocycles. The third-order valence-electron chi connectivity index (χ3n) is 2.64. The summed E-state index contributed by atoms with van der Waals surface area (Å²) in [7, 11) is 0. The van der Waals surface area contributed by atoms with Gasteiger partial charge in [0.1, 0.15) is 5.82 Å². The minimum Gasteiger partial charge on any atom is -0.374 e. The third-order valence-corrected chi connectivity index (χ3v) is 3.05. The Bertz CT molecular complexity index is 550. The minimum absolute atomic E-state index is 0.394. The van der Waals surface area contributed by atoms with Crippen LogP contribution in [0.5, 0.6) is 0 Å². The molecule has 1 heterocycles. The second-order valence-corrected chi connectivity index (χ2v) is 5.08. The van der Waals surface area contributed by atoms with Crippen molar-refractivity contribution in [1.29, 1.82) is 0 Å². The van der Waals surface area contributed by atoms with Crippen molar-refractivity contribution in [2.24, 2.45) is 4.99 Å². The van der Waals surface area contributed by atoms with Gasteiger partial charge in [-0.1, -0.05) is 24.9 Å². The topological polar surface area (TPSA) is 42.2 Å². The molecular formula is C14H18N4S. The van der Waals surface area contributed by atoms with Gasteiger partial charge in [0.25, 0.3) is 0 Å². The molecule has 4 nitrogen and oxygen atoms in total. The first kappa shape index (κ1) is 13.7. The molecule has 0 spiro atoms. The number of benzene rings is 1. The Morgan fingerprint density at radius 1 is 1.32 bits per heavy atom. The summed E-state index contributed by atoms with van der Waals surface area (Å²) >= 11 is 4.28. The fraction of sp³-hybridized carbons (Fsp3) is 0.286. The fourth-order valence-corrected chi connectivity index (χ4v) is 1.74. The van der Waals surface area contributed by atoms with Gasteiger partial charge in [-0.05, 0) is 32.9 Å². The van der Waals surface area contributed by atoms with Crippen LogP contribution in [-0.2, 0) is 0 Å². The highest BCUT2D eigenvalue weighted by atomic mass is 32.1. The Morgan fingerprint density at radius 2 is 2.00 bits per heavy atom. The van der Waals surface area contributed by atoms with Gasteiger partial charge in [-0.3, -0.25) is 3.97 Å². The van der Waals surface area contributed by atoms with E-state index in [1.54, 1.807) is 10.3 Å². The predicted octanol–water partition coefficient (Wildman–Crippen LogP) is 3.21. The summed E-state index contributed by atoms with van der Waals surface area (Å²) in [5.41, 5.74) is 2.90. The van der Waals surface area contributed by atoms with Crippen molar-refractivity contribution in [3.8, 4) is 11.3 Å². The van der Waals surface area contributed by atoms with Gasteiger partial charge >= 0.3 is 0 Å². The summed E-state index contributed by atoms with van der Waals surface area (Å²) in [4.78, 5) is 8.76. The van der Waals surface area contributed by atoms with Crippen molar-refractivity contribution in [3.05, 3.63) is 36.3 Å². The van der Waals surface area contributed by atoms with Crippen LogP contribution in [0.1, 0.15) is 19.7 Å². The standard InChI is InChI=1S/C14H18N4S/c1-10(2)15-9-16-13-6-4-12(5-7-13)14-8-18(19)11(3)17-14/h4-10,19H,1-3H3,(H,15,16). The number of rotatable bonds is 4. The monoisotopic (exact) mass is 274 g/mol. The first-order valence-corrected chi connectivity index (χ1v) is 6.60. The lowest BCUT2D eigenvalue weighted by Crippen LogP contribution is -2.19. The SMILES string of the molecule is Cc1nc(-c2ccc(/N=C/NC(C)C)cc2)cn1S. The summed E-state index contributed by atoms with van der Waals surface area (Å²) < 4.78 is 1.72. The number of aliphatic imine (C=N–C) groups is 1. The normalized spacial score (nSPS) is 11.4. The van der Waals surface area contributed by atoms with Crippen LogP contribution >= 0.6 is 12.8 Å². The molecule has 19 heavy (non-hydrogen) atoms. The Labute approximate surface area is 119 Å². The quantitative estimate of drug-likeness (QED) is 0.511. The number of nitrogens with zero attached hydrogens (tertiary/aromatic N) is 3. The van der Waals surface area contributed by atoms with E-state index in [2.05, 4.69) is 42.0 Å². The number of imidazole rings is 1. The lowest BCUT2D eigenvalue weighted by molar-refractivity contribution is 0.744. The van der Waals surface area contributed by atoms with Crippen LogP contribution < -0.4 is 5.32 Å². The summed E-state index contributed by atoms with van der Waals surface area (Å²) in [5.74, 6) is 0.876. The number of aryl methyl sites for hydroxylation is 1. The molecule has 100 valence electrons. The smallest absolute Gasteiger partial charge is 0.116 e. The van der Waals surface area contributed by atoms with E-state index in [4.69, 9.17) is 0 Å². The Balaban J connectivity index is 2.12. The molecule has 2 aromatic rings. The number of hydrogen-bond acceptors (Lipinski definition) is 3. The molecule has 0 saturated carbocycles. The lowest BCUT2D eigenvalue weighted by Gasteiger charge is -2.02. The summed E-state index contributed by atoms with van der Waals surface area (Å²) in [6, 6.07) is 8.36. The van der Waals surface area contributed by atoms with Crippen molar-refractivity contribution < 1.29 is 0 Å². The molecule has 0 atom stereocenters. The molecule has 0 bridgehead atoms. The van der Waals surface area contributed by atoms with Crippen molar-refractivity contribution in [3.63, 3.8) is 0 Å². The van der Waals surface area contributed by atoms with Gasteiger partial charge in [-0.25, -0.2) is 9.98 Å². The molecule has 0 radical (unpaired) electrons. The van der Waals surface area contributed by atoms with E-state index in [1.807, 2.05) is 37.4 Å². The zero-order valence-corrected chi connectivity index (χ0v) is 12.2. The molecule has 0 fully saturated rings. The number of hydrogen-bond donors (Lipinski definition) is 2. The lowest BCUT2D eigenvalue weighted by atomic mass is 10.1. The largest absolute Gasteiger partial charge is 0.374 e. The second kappa shape index (κ2) is 5.93. The van der Waals surface area contributed by atoms with E-state index >= 15 is 0 Å². The average molecular weight is 274 g/mol. The molecule has 0 aliphatic heterocycles. The zero-order valence-electron chi connectivity index (χ0n) is 11.3. The molecule has 1 aromatic carbocycles. The molecule has 0 saturated heterocycles. The molecule has 0 aliphatic rings. The number of thiol groups is 1. The van der Waals surface area contributed by atoms with Gasteiger partial charge in [0.05, 0.1) is 17.7 Å². The van der Waals surface area contributed by atoms with Crippen LogP contribution in [0, 0.1) is 6.92 Å². The Kier molecular flexibility index (Phi) is 4.27. The molecule has 0 amide bonds. The van der Waals surface area contributed by atoms with E-state index in [0.29, 0.717) is 6.04 Å². The van der Waals surface area contributed by atoms with Gasteiger partial charge in [-0.2, -0.15) is 0 Å². The molecule has 0 unspecified atom stereocenters. The molecule has 5 heteroatoms. The molecule has 0 aliphatic carbocycles. The van der Waals surface area contributed by atoms with E-state index in [9.17, 15) is 0 Å². The molecule has 1 N–H and O–H groups in total. The highest BCUT2D eigenvalue weighted by Crippen LogP contribution is 2.22. The highest BCUT2D eigenvalue weighted by Gasteiger charge is 2.04. The van der Waals surface area contributed by atoms with Crippen LogP contribution in [0.25, 0.3) is 11.3 Å². The maximum Gasteiger partial charge on any atom is 0.116 e. The van der Waals surface area contributed by atoms with Crippen LogP contribution in [-0.4, -0.2) is 21.3 Å². The maximum absolute atomic E-state index is 4.43. The van der Waals surface area contributed by atoms with Crippen LogP contribution in [0.2, 0.25) is 0 Å². The van der Waals surface area contributed by atoms with Gasteiger partial charge in [0.15, 0.2) is 0 Å². The van der Waals surface area contributed by atoms with E-state index in [0.717, 1.165) is 22.8 Å². The van der Waals surface area contributed by atoms with Gasteiger partial charge < -0.3 is 5.32 Å². The first-order valence-electron chi connectivity index (χ1n) is 6.20. The van der Waals surface area contributed by atoms with Crippen LogP contribution in [0.3, 0.4) is 0 Å². The van der Waals surface area contributed by atoms with Crippen molar-refractivity contribution in [1.82, 2.24) is 14.3 Å². The van der Waals surface area contributed by atoms with Crippen LogP contribution in [0.15, 0.2) is 35.5 Å². The van der Waals surface area contributed by atoms with E-state index in [1.165, 1.54) is 0 Å². The van der Waals surface area contributed by atoms with E-state index in [-0.39, 0.29) is 0 Å². The van der Waals surface area contributed by atoms with Gasteiger partial charge in [0.2, 0.25) is 0 Å². The maximum atomic E-state index is 4.43. The summed E-state index contributed by atoms with van der Waals surface area (Å²) in [5, 5.41) is 3.13. The van der Waals surface area contributed by atoms with Gasteiger partial charge in [0, 0.05) is 17.8 Å². The third kappa shape index (κ3) is 3.61. The van der Waals surface area contributed by atoms with Crippen LogP contribution in [0.4, 0.5) is 5.69 Å². The first-order chi connectivity index (χ1) is 9.06. The van der Waals surface area contributed by atoms with Crippen molar-refractivity contribution in [2.45, 2.75) is 26.8 Å². The Morgan fingerprint density at radius 3 is 2.53 bits per heavy atom. The molecule has 2 rings (SSSR count). The number of aromatic nitrogens is 2. The zero-order chi connectivity index (χ0) is 13.8. The second-order valence-electron chi connectivity index (χ2n) is 4.64. The van der Waals surface area contributed by atoms with Crippen molar-refractivity contribution >= 4 is 24.8 Å². The molecular weight excluding hydrogens is 256 g/mol. The Hall–Kier alpha value is -1.75. The predicted molar refractivity (Wildman–Crippen MR) is 83.2 cm³/mol. The van der Waals surface area contributed by atoms with E-state index < -0.39 is 0 Å². The average Bonchev–Trinajstić information content (AvgIpc) is 2.70. The summed E-state index contributed by atoms with van der Waals surface area (Å²) in [6.45, 7) is 6.07. The fourth-order valence-electron chi connectivity index (χ4n) is 1.58. The number of nitrogens with one attached hydrogen (secondary N) is 1. The highest BCUT2D eigenvalue weighted by molar-refractivity contribution is 7.78.